The molecule has 0 radical (unpaired) electrons. The van der Waals surface area contributed by atoms with Crippen LogP contribution in [0, 0.1) is 0 Å². The van der Waals surface area contributed by atoms with Gasteiger partial charge >= 0.3 is 0 Å². The minimum Gasteiger partial charge on any atom is -0.497 e. The van der Waals surface area contributed by atoms with Crippen LogP contribution in [-0.4, -0.2) is 40.9 Å². The SMILES string of the molecule is COc1cccc(-c2nc3c(nc2C2CN(c4ccc5ccccc5n4)C2)C(=O)CC3)c1. The number of rotatable bonds is 4. The number of ketones is 1. The van der Waals surface area contributed by atoms with E-state index in [1.807, 2.05) is 42.5 Å². The molecule has 0 atom stereocenters. The van der Waals surface area contributed by atoms with Gasteiger partial charge in [0.05, 0.1) is 29.7 Å². The smallest absolute Gasteiger partial charge is 0.183 e. The average Bonchev–Trinajstić information content (AvgIpc) is 3.17. The van der Waals surface area contributed by atoms with Gasteiger partial charge in [0.25, 0.3) is 0 Å². The van der Waals surface area contributed by atoms with Gasteiger partial charge in [-0.3, -0.25) is 4.79 Å². The lowest BCUT2D eigenvalue weighted by molar-refractivity contribution is 0.0990. The molecule has 6 nitrogen and oxygen atoms in total. The molecule has 158 valence electrons. The lowest BCUT2D eigenvalue weighted by Crippen LogP contribution is -2.46. The van der Waals surface area contributed by atoms with Crippen molar-refractivity contribution in [3.05, 3.63) is 77.7 Å². The number of benzene rings is 2. The van der Waals surface area contributed by atoms with Crippen LogP contribution >= 0.6 is 0 Å². The first-order valence-electron chi connectivity index (χ1n) is 10.9. The molecule has 0 amide bonds. The number of hydrogen-bond acceptors (Lipinski definition) is 6. The standard InChI is InChI=1S/C26H22N4O2/c1-32-19-7-4-6-17(13-19)24-25(29-26-21(28-24)10-11-22(26)31)18-14-30(15-18)23-12-9-16-5-2-3-8-20(16)27-23/h2-9,12-13,18H,10-11,14-15H2,1H3. The van der Waals surface area contributed by atoms with Crippen molar-refractivity contribution in [3.63, 3.8) is 0 Å². The molecule has 2 aromatic carbocycles. The number of carbonyl (C=O) groups is 1. The number of Topliss-reactive ketones (excluding diaryl/α,β-unsaturated/α-hetero) is 1. The minimum atomic E-state index is 0.0957. The number of aromatic nitrogens is 3. The Labute approximate surface area is 185 Å². The van der Waals surface area contributed by atoms with Crippen molar-refractivity contribution >= 4 is 22.5 Å². The number of aryl methyl sites for hydroxylation is 1. The quantitative estimate of drug-likeness (QED) is 0.485. The van der Waals surface area contributed by atoms with E-state index >= 15 is 0 Å². The molecule has 1 aliphatic heterocycles. The van der Waals surface area contributed by atoms with E-state index in [0.717, 1.165) is 58.2 Å². The first kappa shape index (κ1) is 18.9. The number of fused-ring (bicyclic) bond motifs is 2. The third kappa shape index (κ3) is 3.11. The Morgan fingerprint density at radius 1 is 0.906 bits per heavy atom. The lowest BCUT2D eigenvalue weighted by Gasteiger charge is -2.40. The molecule has 2 aliphatic rings. The second kappa shape index (κ2) is 7.41. The van der Waals surface area contributed by atoms with Gasteiger partial charge in [-0.25, -0.2) is 15.0 Å². The summed E-state index contributed by atoms with van der Waals surface area (Å²) < 4.78 is 5.42. The van der Waals surface area contributed by atoms with Gasteiger partial charge in [0.15, 0.2) is 5.78 Å². The molecule has 1 fully saturated rings. The molecule has 1 saturated heterocycles. The molecule has 6 rings (SSSR count). The molecular formula is C26H22N4O2. The van der Waals surface area contributed by atoms with Gasteiger partial charge < -0.3 is 9.64 Å². The Hall–Kier alpha value is -3.80. The van der Waals surface area contributed by atoms with E-state index in [1.54, 1.807) is 7.11 Å². The van der Waals surface area contributed by atoms with E-state index in [0.29, 0.717) is 18.5 Å². The maximum Gasteiger partial charge on any atom is 0.183 e. The zero-order chi connectivity index (χ0) is 21.7. The maximum absolute atomic E-state index is 12.4. The van der Waals surface area contributed by atoms with E-state index in [9.17, 15) is 4.79 Å². The van der Waals surface area contributed by atoms with Gasteiger partial charge in [-0.1, -0.05) is 30.3 Å². The van der Waals surface area contributed by atoms with Crippen molar-refractivity contribution in [2.75, 3.05) is 25.1 Å². The predicted molar refractivity (Wildman–Crippen MR) is 123 cm³/mol. The third-order valence-electron chi connectivity index (χ3n) is 6.37. The number of methoxy groups -OCH3 is 1. The molecule has 1 aliphatic carbocycles. The Morgan fingerprint density at radius 3 is 2.66 bits per heavy atom. The van der Waals surface area contributed by atoms with Crippen LogP contribution < -0.4 is 9.64 Å². The van der Waals surface area contributed by atoms with Crippen LogP contribution in [0.15, 0.2) is 60.7 Å². The summed E-state index contributed by atoms with van der Waals surface area (Å²) in [7, 11) is 1.66. The van der Waals surface area contributed by atoms with E-state index in [2.05, 4.69) is 23.1 Å². The van der Waals surface area contributed by atoms with Gasteiger partial charge in [0.2, 0.25) is 0 Å². The van der Waals surface area contributed by atoms with Crippen LogP contribution in [0.2, 0.25) is 0 Å². The largest absolute Gasteiger partial charge is 0.497 e. The summed E-state index contributed by atoms with van der Waals surface area (Å²) in [5, 5.41) is 1.14. The van der Waals surface area contributed by atoms with Gasteiger partial charge in [0.1, 0.15) is 17.3 Å². The van der Waals surface area contributed by atoms with Crippen molar-refractivity contribution < 1.29 is 9.53 Å². The molecule has 0 bridgehead atoms. The summed E-state index contributed by atoms with van der Waals surface area (Å²) in [5.41, 5.74) is 5.07. The maximum atomic E-state index is 12.4. The fourth-order valence-corrected chi connectivity index (χ4v) is 4.57. The molecule has 3 heterocycles. The summed E-state index contributed by atoms with van der Waals surface area (Å²) in [6.07, 6.45) is 1.16. The van der Waals surface area contributed by atoms with Crippen LogP contribution in [0.3, 0.4) is 0 Å². The van der Waals surface area contributed by atoms with Crippen LogP contribution in [0.4, 0.5) is 5.82 Å². The van der Waals surface area contributed by atoms with Crippen LogP contribution in [0.1, 0.15) is 34.2 Å². The molecule has 2 aromatic heterocycles. The molecule has 0 N–H and O–H groups in total. The molecule has 32 heavy (non-hydrogen) atoms. The highest BCUT2D eigenvalue weighted by Crippen LogP contribution is 2.37. The van der Waals surface area contributed by atoms with Gasteiger partial charge in [-0.05, 0) is 36.8 Å². The minimum absolute atomic E-state index is 0.0957. The molecule has 0 saturated carbocycles. The van der Waals surface area contributed by atoms with E-state index < -0.39 is 0 Å². The number of nitrogens with zero attached hydrogens (tertiary/aromatic N) is 4. The number of hydrogen-bond donors (Lipinski definition) is 0. The first-order chi connectivity index (χ1) is 15.7. The zero-order valence-electron chi connectivity index (χ0n) is 17.8. The fourth-order valence-electron chi connectivity index (χ4n) is 4.57. The summed E-state index contributed by atoms with van der Waals surface area (Å²) in [5.74, 6) is 2.03. The van der Waals surface area contributed by atoms with Crippen molar-refractivity contribution in [1.29, 1.82) is 0 Å². The summed E-state index contributed by atoms with van der Waals surface area (Å²) in [4.78, 5) is 29.2. The number of pyridine rings is 1. The van der Waals surface area contributed by atoms with Crippen LogP contribution in [0.5, 0.6) is 5.75 Å². The third-order valence-corrected chi connectivity index (χ3v) is 6.37. The second-order valence-electron chi connectivity index (χ2n) is 8.37. The Kier molecular flexibility index (Phi) is 4.38. The van der Waals surface area contributed by atoms with E-state index in [4.69, 9.17) is 19.7 Å². The fraction of sp³-hybridized carbons (Fsp3) is 0.231. The van der Waals surface area contributed by atoms with Crippen LogP contribution in [0.25, 0.3) is 22.2 Å². The Morgan fingerprint density at radius 2 is 1.78 bits per heavy atom. The highest BCUT2D eigenvalue weighted by Gasteiger charge is 2.35. The molecule has 0 unspecified atom stereocenters. The Balaban J connectivity index is 1.35. The average molecular weight is 422 g/mol. The number of anilines is 1. The highest BCUT2D eigenvalue weighted by molar-refractivity contribution is 5.98. The highest BCUT2D eigenvalue weighted by atomic mass is 16.5. The first-order valence-corrected chi connectivity index (χ1v) is 10.9. The van der Waals surface area contributed by atoms with Gasteiger partial charge in [-0.15, -0.1) is 0 Å². The molecule has 0 spiro atoms. The van der Waals surface area contributed by atoms with Gasteiger partial charge in [-0.2, -0.15) is 0 Å². The number of ether oxygens (including phenoxy) is 1. The van der Waals surface area contributed by atoms with Crippen molar-refractivity contribution in [1.82, 2.24) is 15.0 Å². The summed E-state index contributed by atoms with van der Waals surface area (Å²) in [6, 6.07) is 20.2. The topological polar surface area (TPSA) is 68.2 Å². The number of carbonyl (C=O) groups excluding carboxylic acids is 1. The molecule has 6 heteroatoms. The van der Waals surface area contributed by atoms with Crippen molar-refractivity contribution in [2.45, 2.75) is 18.8 Å². The van der Waals surface area contributed by atoms with E-state index in [-0.39, 0.29) is 11.7 Å². The summed E-state index contributed by atoms with van der Waals surface area (Å²) >= 11 is 0. The monoisotopic (exact) mass is 422 g/mol. The predicted octanol–water partition coefficient (Wildman–Crippen LogP) is 4.43. The Bertz CT molecular complexity index is 1360. The van der Waals surface area contributed by atoms with Crippen LogP contribution in [-0.2, 0) is 6.42 Å². The second-order valence-corrected chi connectivity index (χ2v) is 8.37. The lowest BCUT2D eigenvalue weighted by atomic mass is 9.91. The van der Waals surface area contributed by atoms with Crippen molar-refractivity contribution in [3.8, 4) is 17.0 Å². The number of para-hydroxylation sites is 1. The van der Waals surface area contributed by atoms with Crippen molar-refractivity contribution in [2.24, 2.45) is 0 Å². The summed E-state index contributed by atoms with van der Waals surface area (Å²) in [6.45, 7) is 1.59. The normalized spacial score (nSPS) is 15.7. The van der Waals surface area contributed by atoms with E-state index in [1.165, 1.54) is 0 Å². The zero-order valence-corrected chi connectivity index (χ0v) is 17.8. The van der Waals surface area contributed by atoms with Gasteiger partial charge in [0, 0.05) is 36.4 Å². The molecular weight excluding hydrogens is 400 g/mol. The molecule has 4 aromatic rings.